The highest BCUT2D eigenvalue weighted by atomic mass is 16.6. The van der Waals surface area contributed by atoms with Gasteiger partial charge in [0, 0.05) is 42.9 Å². The lowest BCUT2D eigenvalue weighted by atomic mass is 9.86. The van der Waals surface area contributed by atoms with Crippen LogP contribution in [0.1, 0.15) is 53.5 Å². The quantitative estimate of drug-likeness (QED) is 0.120. The van der Waals surface area contributed by atoms with E-state index in [1.54, 1.807) is 12.1 Å². The number of guanidine groups is 1. The van der Waals surface area contributed by atoms with Gasteiger partial charge >= 0.3 is 0 Å². The van der Waals surface area contributed by atoms with E-state index in [9.17, 15) is 30.3 Å². The van der Waals surface area contributed by atoms with E-state index in [1.165, 1.54) is 6.07 Å². The maximum absolute atomic E-state index is 12.7. The van der Waals surface area contributed by atoms with Gasteiger partial charge in [-0.05, 0) is 49.3 Å². The molecular formula is C29H35N3O8. The van der Waals surface area contributed by atoms with Crippen molar-refractivity contribution in [1.82, 2.24) is 0 Å². The minimum Gasteiger partial charge on any atom is -0.504 e. The zero-order chi connectivity index (χ0) is 28.8. The van der Waals surface area contributed by atoms with Crippen LogP contribution in [0, 0.1) is 17.8 Å². The maximum atomic E-state index is 12.7. The number of carbonyl (C=O) groups is 1. The predicted molar refractivity (Wildman–Crippen MR) is 146 cm³/mol. The third-order valence-electron chi connectivity index (χ3n) is 7.24. The fourth-order valence-corrected chi connectivity index (χ4v) is 5.15. The summed E-state index contributed by atoms with van der Waals surface area (Å²) >= 11 is 0. The average Bonchev–Trinajstić information content (AvgIpc) is 2.91. The number of phenols is 2. The molecule has 3 atom stereocenters. The van der Waals surface area contributed by atoms with Gasteiger partial charge in [0.15, 0.2) is 35.8 Å². The smallest absolute Gasteiger partial charge is 0.200 e. The van der Waals surface area contributed by atoms with Crippen LogP contribution >= 0.6 is 0 Å². The van der Waals surface area contributed by atoms with Crippen LogP contribution in [0.25, 0.3) is 0 Å². The standard InChI is InChI=1S/C29H35N3O8/c30-29(31)32-11-10-19-13-23-17-5-8-21(35)14-20(34)7-4-16-6-9-24(36)26(39-15-33)22(16)3-1-2-18(12-17)25(37)27(23)40-28(19)38/h6,9,12,19,21,28,33,35-38H,2,4-5,7-8,10-11,13-15H2,(H4,30,31,32)/t19-,21+,28-/m0/s1. The number of aliphatic hydroxyl groups is 3. The molecule has 2 bridgehead atoms. The largest absolute Gasteiger partial charge is 0.504 e. The van der Waals surface area contributed by atoms with E-state index in [4.69, 9.17) is 20.9 Å². The average molecular weight is 554 g/mol. The molecule has 11 heteroatoms. The number of ether oxygens (including phenoxy) is 2. The second-order valence-corrected chi connectivity index (χ2v) is 10.1. The van der Waals surface area contributed by atoms with Gasteiger partial charge in [0.05, 0.1) is 11.7 Å². The van der Waals surface area contributed by atoms with Crippen molar-refractivity contribution in [2.24, 2.45) is 22.4 Å². The number of carbonyl (C=O) groups excluding carboxylic acids is 1. The van der Waals surface area contributed by atoms with Crippen LogP contribution in [-0.2, 0) is 30.5 Å². The van der Waals surface area contributed by atoms with E-state index in [1.807, 2.05) is 0 Å². The number of rotatable bonds is 5. The lowest BCUT2D eigenvalue weighted by Gasteiger charge is -2.32. The van der Waals surface area contributed by atoms with Crippen molar-refractivity contribution in [2.75, 3.05) is 13.3 Å². The Balaban J connectivity index is 1.75. The number of aryl methyl sites for hydroxylation is 2. The molecular weight excluding hydrogens is 518 g/mol. The first-order chi connectivity index (χ1) is 19.2. The Kier molecular flexibility index (Phi) is 9.37. The van der Waals surface area contributed by atoms with Gasteiger partial charge in [0.25, 0.3) is 0 Å². The van der Waals surface area contributed by atoms with E-state index in [-0.39, 0.29) is 59.9 Å². The van der Waals surface area contributed by atoms with E-state index in [0.29, 0.717) is 60.9 Å². The van der Waals surface area contributed by atoms with Crippen LogP contribution in [0.2, 0.25) is 0 Å². The van der Waals surface area contributed by atoms with Crippen molar-refractivity contribution in [2.45, 2.75) is 63.8 Å². The zero-order valence-corrected chi connectivity index (χ0v) is 22.1. The molecule has 0 unspecified atom stereocenters. The minimum absolute atomic E-state index is 0.00197. The van der Waals surface area contributed by atoms with E-state index in [0.717, 1.165) is 5.56 Å². The van der Waals surface area contributed by atoms with Gasteiger partial charge < -0.3 is 46.5 Å². The molecule has 0 amide bonds. The molecule has 0 radical (unpaired) electrons. The fraction of sp³-hybridized carbons (Fsp3) is 0.448. The first-order valence-corrected chi connectivity index (χ1v) is 13.2. The number of aromatic hydroxyl groups is 2. The summed E-state index contributed by atoms with van der Waals surface area (Å²) in [4.78, 5) is 16.7. The SMILES string of the molecule is NC(N)=NCC[C@H]1Cc2c3cc(c(O)c2O[C@@H]1O)CC#Cc1c(ccc(O)c1OCO)CCC(=O)C[C@H](O)CC3. The van der Waals surface area contributed by atoms with Crippen molar-refractivity contribution in [1.29, 1.82) is 0 Å². The maximum Gasteiger partial charge on any atom is 0.200 e. The van der Waals surface area contributed by atoms with Crippen molar-refractivity contribution in [3.63, 3.8) is 0 Å². The molecule has 0 spiro atoms. The normalized spacial score (nSPS) is 20.9. The Morgan fingerprint density at radius 2 is 1.90 bits per heavy atom. The molecule has 0 aromatic heterocycles. The number of ketones is 1. The van der Waals surface area contributed by atoms with Gasteiger partial charge in [-0.15, -0.1) is 0 Å². The predicted octanol–water partition coefficient (Wildman–Crippen LogP) is 0.752. The molecule has 0 saturated heterocycles. The Morgan fingerprint density at radius 1 is 1.10 bits per heavy atom. The van der Waals surface area contributed by atoms with Gasteiger partial charge in [-0.3, -0.25) is 9.79 Å². The fourth-order valence-electron chi connectivity index (χ4n) is 5.15. The van der Waals surface area contributed by atoms with E-state index >= 15 is 0 Å². The summed E-state index contributed by atoms with van der Waals surface area (Å²) < 4.78 is 11.0. The molecule has 1 aliphatic carbocycles. The van der Waals surface area contributed by atoms with Gasteiger partial charge in [0.1, 0.15) is 5.78 Å². The highest BCUT2D eigenvalue weighted by Gasteiger charge is 2.33. The Labute approximate surface area is 232 Å². The topological polar surface area (TPSA) is 201 Å². The van der Waals surface area contributed by atoms with Gasteiger partial charge in [0.2, 0.25) is 6.29 Å². The van der Waals surface area contributed by atoms with E-state index in [2.05, 4.69) is 16.8 Å². The molecule has 214 valence electrons. The summed E-state index contributed by atoms with van der Waals surface area (Å²) in [5.41, 5.74) is 13.8. The summed E-state index contributed by atoms with van der Waals surface area (Å²) in [5.74, 6) is 5.29. The van der Waals surface area contributed by atoms with Crippen LogP contribution in [0.15, 0.2) is 23.2 Å². The number of hydrogen-bond acceptors (Lipinski definition) is 9. The number of fused-ring (bicyclic) bond motifs is 5. The second-order valence-electron chi connectivity index (χ2n) is 10.1. The van der Waals surface area contributed by atoms with Crippen LogP contribution in [0.3, 0.4) is 0 Å². The third-order valence-corrected chi connectivity index (χ3v) is 7.24. The van der Waals surface area contributed by atoms with Gasteiger partial charge in [-0.2, -0.15) is 0 Å². The summed E-state index contributed by atoms with van der Waals surface area (Å²) in [6.07, 6.45) is 0.0445. The van der Waals surface area contributed by atoms with Crippen molar-refractivity contribution in [3.8, 4) is 34.8 Å². The van der Waals surface area contributed by atoms with Crippen molar-refractivity contribution in [3.05, 3.63) is 46.0 Å². The molecule has 11 nitrogen and oxygen atoms in total. The molecule has 40 heavy (non-hydrogen) atoms. The van der Waals surface area contributed by atoms with Crippen molar-refractivity contribution < 1.29 is 39.8 Å². The lowest BCUT2D eigenvalue weighted by molar-refractivity contribution is -0.121. The second kappa shape index (κ2) is 12.9. The molecule has 0 fully saturated rings. The molecule has 2 aromatic rings. The minimum atomic E-state index is -1.19. The third kappa shape index (κ3) is 6.77. The zero-order valence-electron chi connectivity index (χ0n) is 22.1. The monoisotopic (exact) mass is 553 g/mol. The number of nitrogens with zero attached hydrogens (tertiary/aromatic N) is 1. The van der Waals surface area contributed by atoms with Gasteiger partial charge in [-0.25, -0.2) is 0 Å². The number of benzene rings is 2. The van der Waals surface area contributed by atoms with Crippen LogP contribution in [-0.4, -0.2) is 63.0 Å². The number of aliphatic hydroxyl groups excluding tert-OH is 3. The Morgan fingerprint density at radius 3 is 2.65 bits per heavy atom. The molecule has 2 aliphatic rings. The molecule has 4 rings (SSSR count). The molecule has 0 saturated carbocycles. The van der Waals surface area contributed by atoms with Crippen LogP contribution < -0.4 is 20.9 Å². The lowest BCUT2D eigenvalue weighted by Crippen LogP contribution is -2.34. The highest BCUT2D eigenvalue weighted by molar-refractivity contribution is 5.79. The van der Waals surface area contributed by atoms with Crippen molar-refractivity contribution >= 4 is 11.7 Å². The first-order valence-electron chi connectivity index (χ1n) is 13.2. The van der Waals surface area contributed by atoms with Crippen LogP contribution in [0.5, 0.6) is 23.0 Å². The molecule has 1 heterocycles. The number of phenolic OH excluding ortho intramolecular Hbond substituents is 2. The van der Waals surface area contributed by atoms with Crippen LogP contribution in [0.4, 0.5) is 0 Å². The molecule has 9 N–H and O–H groups in total. The molecule has 2 aromatic carbocycles. The Bertz CT molecular complexity index is 1340. The van der Waals surface area contributed by atoms with E-state index < -0.39 is 19.2 Å². The summed E-state index contributed by atoms with van der Waals surface area (Å²) in [5, 5.41) is 52.1. The van der Waals surface area contributed by atoms with Gasteiger partial charge in [-0.1, -0.05) is 24.0 Å². The number of aliphatic imine (C=N–C) groups is 1. The highest BCUT2D eigenvalue weighted by Crippen LogP contribution is 2.43. The first kappa shape index (κ1) is 29.0. The number of nitrogens with two attached hydrogens (primary N) is 2. The number of Topliss-reactive ketones (excluding diaryl/α,β-unsaturated/α-hetero) is 1. The molecule has 1 aliphatic heterocycles. The number of hydrogen-bond donors (Lipinski definition) is 7. The summed E-state index contributed by atoms with van der Waals surface area (Å²) in [6, 6.07) is 4.85. The summed E-state index contributed by atoms with van der Waals surface area (Å²) in [7, 11) is 0. The Hall–Kier alpha value is -3.98. The summed E-state index contributed by atoms with van der Waals surface area (Å²) in [6.45, 7) is -0.379.